The molecule has 7 nitrogen and oxygen atoms in total. The third kappa shape index (κ3) is 6.44. The molecular weight excluding hydrogens is 536 g/mol. The minimum absolute atomic E-state index is 0.124. The summed E-state index contributed by atoms with van der Waals surface area (Å²) in [6, 6.07) is 17.1. The van der Waals surface area contributed by atoms with Crippen molar-refractivity contribution in [3.05, 3.63) is 81.9 Å². The van der Waals surface area contributed by atoms with E-state index in [0.717, 1.165) is 35.2 Å². The highest BCUT2D eigenvalue weighted by Crippen LogP contribution is 2.64. The summed E-state index contributed by atoms with van der Waals surface area (Å²) in [5.74, 6) is 0.875. The van der Waals surface area contributed by atoms with Crippen molar-refractivity contribution in [3.8, 4) is 16.9 Å². The van der Waals surface area contributed by atoms with Crippen LogP contribution in [0.4, 0.5) is 5.69 Å². The molecule has 0 amide bonds. The third-order valence-electron chi connectivity index (χ3n) is 8.73. The number of nitrogens with one attached hydrogen (secondary N) is 2. The Bertz CT molecular complexity index is 1550. The lowest BCUT2D eigenvalue weighted by Gasteiger charge is -2.19. The van der Waals surface area contributed by atoms with E-state index in [1.165, 1.54) is 53.3 Å². The molecular formula is C33H40N2O5S. The molecule has 2 N–H and O–H groups in total. The predicted molar refractivity (Wildman–Crippen MR) is 163 cm³/mol. The summed E-state index contributed by atoms with van der Waals surface area (Å²) in [7, 11) is -1.76. The van der Waals surface area contributed by atoms with E-state index in [1.807, 2.05) is 12.1 Å². The molecule has 0 heterocycles. The van der Waals surface area contributed by atoms with Crippen LogP contribution in [0.5, 0.6) is 5.75 Å². The first kappa shape index (κ1) is 29.1. The predicted octanol–water partition coefficient (Wildman–Crippen LogP) is 5.80. The van der Waals surface area contributed by atoms with Gasteiger partial charge in [-0.2, -0.15) is 0 Å². The molecule has 8 heteroatoms. The fraction of sp³-hybridized carbons (Fsp3) is 0.424. The second kappa shape index (κ2) is 11.5. The van der Waals surface area contributed by atoms with E-state index in [2.05, 4.69) is 67.2 Å². The lowest BCUT2D eigenvalue weighted by Crippen LogP contribution is -2.26. The Balaban J connectivity index is 1.29. The van der Waals surface area contributed by atoms with E-state index in [0.29, 0.717) is 13.0 Å². The molecule has 41 heavy (non-hydrogen) atoms. The third-order valence-corrected chi connectivity index (χ3v) is 9.46. The average Bonchev–Trinajstić information content (AvgIpc) is 3.62. The number of anilines is 1. The van der Waals surface area contributed by atoms with Crippen molar-refractivity contribution in [2.45, 2.75) is 58.9 Å². The van der Waals surface area contributed by atoms with Gasteiger partial charge in [0, 0.05) is 24.7 Å². The summed E-state index contributed by atoms with van der Waals surface area (Å²) in [6.45, 7) is 7.54. The molecule has 0 aromatic heterocycles. The highest BCUT2D eigenvalue weighted by Gasteiger charge is 2.54. The van der Waals surface area contributed by atoms with Crippen LogP contribution < -0.4 is 14.8 Å². The lowest BCUT2D eigenvalue weighted by molar-refractivity contribution is -0.141. The summed E-state index contributed by atoms with van der Waals surface area (Å²) in [6.07, 6.45) is 5.02. The monoisotopic (exact) mass is 576 g/mol. The minimum atomic E-state index is -3.23. The Kier molecular flexibility index (Phi) is 8.17. The number of methoxy groups -OCH3 is 1. The van der Waals surface area contributed by atoms with Crippen molar-refractivity contribution < 1.29 is 22.7 Å². The summed E-state index contributed by atoms with van der Waals surface area (Å²) < 4.78 is 35.8. The van der Waals surface area contributed by atoms with Crippen LogP contribution in [0.2, 0.25) is 0 Å². The fourth-order valence-corrected chi connectivity index (χ4v) is 6.93. The van der Waals surface area contributed by atoms with E-state index < -0.39 is 10.0 Å². The van der Waals surface area contributed by atoms with Gasteiger partial charge < -0.3 is 14.8 Å². The highest BCUT2D eigenvalue weighted by atomic mass is 32.2. The number of benzene rings is 3. The summed E-state index contributed by atoms with van der Waals surface area (Å²) in [5, 5.41) is 3.64. The van der Waals surface area contributed by atoms with Crippen molar-refractivity contribution in [3.63, 3.8) is 0 Å². The highest BCUT2D eigenvalue weighted by molar-refractivity contribution is 7.88. The molecule has 218 valence electrons. The van der Waals surface area contributed by atoms with Crippen LogP contribution >= 0.6 is 0 Å². The van der Waals surface area contributed by atoms with Crippen LogP contribution in [-0.4, -0.2) is 40.9 Å². The SMILES string of the molecule is COC(=O)CC1c2ccc(NCc3cccc(-c4c(C)cc(OCCNS(C)(=O)=O)cc4C)c3C)cc2CC12CC2. The van der Waals surface area contributed by atoms with E-state index in [9.17, 15) is 13.2 Å². The van der Waals surface area contributed by atoms with E-state index in [4.69, 9.17) is 9.47 Å². The number of carbonyl (C=O) groups is 1. The normalized spacial score (nSPS) is 16.9. The quantitative estimate of drug-likeness (QED) is 0.221. The number of carbonyl (C=O) groups excluding carboxylic acids is 1. The molecule has 0 radical (unpaired) electrons. The number of sulfonamides is 1. The van der Waals surface area contributed by atoms with E-state index in [1.54, 1.807) is 0 Å². The summed E-state index contributed by atoms with van der Waals surface area (Å²) in [5.41, 5.74) is 11.1. The molecule has 0 aliphatic heterocycles. The van der Waals surface area contributed by atoms with Crippen molar-refractivity contribution in [1.29, 1.82) is 0 Å². The first-order valence-electron chi connectivity index (χ1n) is 14.2. The van der Waals surface area contributed by atoms with Crippen molar-refractivity contribution in [2.75, 3.05) is 31.8 Å². The fourth-order valence-electron chi connectivity index (χ4n) is 6.47. The molecule has 3 aromatic rings. The second-order valence-electron chi connectivity index (χ2n) is 11.7. The molecule has 2 aliphatic rings. The second-order valence-corrected chi connectivity index (χ2v) is 13.5. The molecule has 1 unspecified atom stereocenters. The largest absolute Gasteiger partial charge is 0.492 e. The zero-order chi connectivity index (χ0) is 29.4. The zero-order valence-corrected chi connectivity index (χ0v) is 25.4. The van der Waals surface area contributed by atoms with Crippen LogP contribution in [0, 0.1) is 26.2 Å². The summed E-state index contributed by atoms with van der Waals surface area (Å²) in [4.78, 5) is 12.1. The molecule has 0 bridgehead atoms. The maximum atomic E-state index is 12.1. The van der Waals surface area contributed by atoms with Crippen molar-refractivity contribution in [1.82, 2.24) is 4.72 Å². The Morgan fingerprint density at radius 2 is 1.78 bits per heavy atom. The van der Waals surface area contributed by atoms with Crippen LogP contribution in [0.15, 0.2) is 48.5 Å². The number of hydrogen-bond donors (Lipinski definition) is 2. The average molecular weight is 577 g/mol. The zero-order valence-electron chi connectivity index (χ0n) is 24.6. The lowest BCUT2D eigenvalue weighted by atomic mass is 9.87. The smallest absolute Gasteiger partial charge is 0.306 e. The summed E-state index contributed by atoms with van der Waals surface area (Å²) >= 11 is 0. The molecule has 1 atom stereocenters. The van der Waals surface area contributed by atoms with Gasteiger partial charge in [0.25, 0.3) is 0 Å². The maximum absolute atomic E-state index is 12.1. The van der Waals surface area contributed by atoms with Crippen LogP contribution in [0.1, 0.15) is 58.6 Å². The Morgan fingerprint density at radius 1 is 1.05 bits per heavy atom. The molecule has 1 saturated carbocycles. The number of hydrogen-bond acceptors (Lipinski definition) is 6. The molecule has 3 aromatic carbocycles. The van der Waals surface area contributed by atoms with Gasteiger partial charge in [-0.3, -0.25) is 4.79 Å². The van der Waals surface area contributed by atoms with E-state index in [-0.39, 0.29) is 30.5 Å². The number of esters is 1. The van der Waals surface area contributed by atoms with Crippen LogP contribution in [0.3, 0.4) is 0 Å². The van der Waals surface area contributed by atoms with Gasteiger partial charge in [0.2, 0.25) is 10.0 Å². The minimum Gasteiger partial charge on any atom is -0.492 e. The number of rotatable bonds is 11. The Hall–Kier alpha value is -3.36. The van der Waals surface area contributed by atoms with Crippen molar-refractivity contribution in [2.24, 2.45) is 5.41 Å². The van der Waals surface area contributed by atoms with Gasteiger partial charge in [-0.1, -0.05) is 24.3 Å². The Morgan fingerprint density at radius 3 is 2.44 bits per heavy atom. The maximum Gasteiger partial charge on any atom is 0.306 e. The van der Waals surface area contributed by atoms with Crippen LogP contribution in [-0.2, 0) is 32.5 Å². The van der Waals surface area contributed by atoms with Gasteiger partial charge in [-0.05, 0) is 114 Å². The molecule has 1 fully saturated rings. The van der Waals surface area contributed by atoms with Gasteiger partial charge in [0.05, 0.1) is 19.8 Å². The van der Waals surface area contributed by atoms with Crippen LogP contribution in [0.25, 0.3) is 11.1 Å². The molecule has 2 aliphatic carbocycles. The Labute approximate surface area is 243 Å². The number of aryl methyl sites for hydroxylation is 2. The first-order chi connectivity index (χ1) is 19.5. The first-order valence-corrected chi connectivity index (χ1v) is 16.1. The molecule has 1 spiro atoms. The van der Waals surface area contributed by atoms with Gasteiger partial charge in [0.15, 0.2) is 0 Å². The van der Waals surface area contributed by atoms with E-state index >= 15 is 0 Å². The van der Waals surface area contributed by atoms with Gasteiger partial charge in [0.1, 0.15) is 12.4 Å². The van der Waals surface area contributed by atoms with Gasteiger partial charge in [-0.25, -0.2) is 13.1 Å². The standard InChI is InChI=1S/C33H40N2O5S/c1-21-15-27(40-14-13-35-41(5,37)38)16-22(2)32(21)28-8-6-7-24(23(28)3)20-34-26-9-10-29-25(17-26)19-33(11-12-33)30(29)18-31(36)39-4/h6-10,15-17,30,34-35H,11-14,18-20H2,1-5H3. The van der Waals surface area contributed by atoms with Crippen molar-refractivity contribution >= 4 is 21.7 Å². The number of ether oxygens (including phenoxy) is 2. The number of fused-ring (bicyclic) bond motifs is 1. The van der Waals surface area contributed by atoms with Gasteiger partial charge >= 0.3 is 5.97 Å². The topological polar surface area (TPSA) is 93.7 Å². The molecule has 5 rings (SSSR count). The van der Waals surface area contributed by atoms with Gasteiger partial charge in [-0.15, -0.1) is 0 Å². The molecule has 0 saturated heterocycles.